The molecule has 4 nitrogen and oxygen atoms in total. The van der Waals surface area contributed by atoms with Crippen LogP contribution in [0.2, 0.25) is 0 Å². The van der Waals surface area contributed by atoms with Crippen LogP contribution in [-0.4, -0.2) is 43.5 Å². The lowest BCUT2D eigenvalue weighted by Crippen LogP contribution is -2.37. The van der Waals surface area contributed by atoms with Gasteiger partial charge in [0.2, 0.25) is 0 Å². The number of rotatable bonds is 8. The van der Waals surface area contributed by atoms with E-state index in [2.05, 4.69) is 31.1 Å². The van der Waals surface area contributed by atoms with Gasteiger partial charge in [0.25, 0.3) is 5.91 Å². The maximum atomic E-state index is 12.1. The average molecular weight is 277 g/mol. The number of nitrogens with one attached hydrogen (secondary N) is 1. The summed E-state index contributed by atoms with van der Waals surface area (Å²) in [4.78, 5) is 14.3. The number of nitrogens with two attached hydrogens (primary N) is 1. The fourth-order valence-electron chi connectivity index (χ4n) is 2.01. The van der Waals surface area contributed by atoms with E-state index in [4.69, 9.17) is 5.73 Å². The first-order chi connectivity index (χ1) is 9.58. The molecule has 0 radical (unpaired) electrons. The molecule has 0 saturated carbocycles. The largest absolute Gasteiger partial charge is 0.351 e. The van der Waals surface area contributed by atoms with Crippen molar-refractivity contribution in [3.63, 3.8) is 0 Å². The highest BCUT2D eigenvalue weighted by Gasteiger charge is 2.08. The first kappa shape index (κ1) is 16.7. The van der Waals surface area contributed by atoms with Gasteiger partial charge in [0.15, 0.2) is 0 Å². The molecule has 1 amide bonds. The van der Waals surface area contributed by atoms with Gasteiger partial charge in [-0.1, -0.05) is 19.1 Å². The number of benzene rings is 1. The predicted octanol–water partition coefficient (Wildman–Crippen LogP) is 1.65. The minimum Gasteiger partial charge on any atom is -0.351 e. The molecule has 4 heteroatoms. The second kappa shape index (κ2) is 8.72. The Kier molecular flexibility index (Phi) is 7.26. The minimum absolute atomic E-state index is 0.0126. The zero-order valence-electron chi connectivity index (χ0n) is 12.9. The van der Waals surface area contributed by atoms with Crippen molar-refractivity contribution in [3.8, 4) is 0 Å². The van der Waals surface area contributed by atoms with Gasteiger partial charge in [-0.15, -0.1) is 0 Å². The van der Waals surface area contributed by atoms with Crippen molar-refractivity contribution in [2.24, 2.45) is 5.73 Å². The van der Waals surface area contributed by atoms with Gasteiger partial charge in [-0.05, 0) is 51.1 Å². The summed E-state index contributed by atoms with van der Waals surface area (Å²) in [6.45, 7) is 6.50. The molecule has 0 fully saturated rings. The molecule has 0 aliphatic rings. The molecule has 1 rings (SSSR count). The Labute approximate surface area is 122 Å². The van der Waals surface area contributed by atoms with Crippen LogP contribution in [0.15, 0.2) is 24.3 Å². The standard InChI is InChI=1S/C16H27N3O/c1-4-13(2)19(3)11-10-18-16(20)15-7-5-6-14(12-15)8-9-17/h5-7,12-13H,4,8-11,17H2,1-3H3,(H,18,20). The third kappa shape index (κ3) is 5.31. The van der Waals surface area contributed by atoms with Crippen LogP contribution in [0.5, 0.6) is 0 Å². The lowest BCUT2D eigenvalue weighted by Gasteiger charge is -2.23. The van der Waals surface area contributed by atoms with E-state index in [1.54, 1.807) is 0 Å². The van der Waals surface area contributed by atoms with Crippen molar-refractivity contribution < 1.29 is 4.79 Å². The van der Waals surface area contributed by atoms with E-state index in [9.17, 15) is 4.79 Å². The summed E-state index contributed by atoms with van der Waals surface area (Å²) < 4.78 is 0. The Morgan fingerprint density at radius 2 is 2.20 bits per heavy atom. The second-order valence-electron chi connectivity index (χ2n) is 5.23. The van der Waals surface area contributed by atoms with E-state index >= 15 is 0 Å². The summed E-state index contributed by atoms with van der Waals surface area (Å²) in [5, 5.41) is 2.97. The summed E-state index contributed by atoms with van der Waals surface area (Å²) in [5.41, 5.74) is 7.35. The molecule has 1 atom stereocenters. The summed E-state index contributed by atoms with van der Waals surface area (Å²) in [6.07, 6.45) is 1.92. The fraction of sp³-hybridized carbons (Fsp3) is 0.562. The van der Waals surface area contributed by atoms with Gasteiger partial charge in [-0.25, -0.2) is 0 Å². The van der Waals surface area contributed by atoms with Gasteiger partial charge in [0.1, 0.15) is 0 Å². The maximum absolute atomic E-state index is 12.1. The minimum atomic E-state index is -0.0126. The van der Waals surface area contributed by atoms with Crippen molar-refractivity contribution in [2.45, 2.75) is 32.7 Å². The van der Waals surface area contributed by atoms with Crippen molar-refractivity contribution in [1.29, 1.82) is 0 Å². The third-order valence-corrected chi connectivity index (χ3v) is 3.72. The first-order valence-electron chi connectivity index (χ1n) is 7.36. The highest BCUT2D eigenvalue weighted by atomic mass is 16.1. The number of carbonyl (C=O) groups excluding carboxylic acids is 1. The Morgan fingerprint density at radius 3 is 2.85 bits per heavy atom. The van der Waals surface area contributed by atoms with Gasteiger partial charge in [0.05, 0.1) is 0 Å². The topological polar surface area (TPSA) is 58.4 Å². The lowest BCUT2D eigenvalue weighted by atomic mass is 10.1. The molecule has 0 spiro atoms. The van der Waals surface area contributed by atoms with Crippen LogP contribution in [0.1, 0.15) is 36.2 Å². The van der Waals surface area contributed by atoms with E-state index in [1.807, 2.05) is 24.3 Å². The fourth-order valence-corrected chi connectivity index (χ4v) is 2.01. The van der Waals surface area contributed by atoms with E-state index in [0.29, 0.717) is 24.7 Å². The van der Waals surface area contributed by atoms with E-state index in [0.717, 1.165) is 24.9 Å². The zero-order valence-corrected chi connectivity index (χ0v) is 12.9. The predicted molar refractivity (Wildman–Crippen MR) is 83.9 cm³/mol. The highest BCUT2D eigenvalue weighted by molar-refractivity contribution is 5.94. The number of nitrogens with zero attached hydrogens (tertiary/aromatic N) is 1. The Bertz CT molecular complexity index is 420. The SMILES string of the molecule is CCC(C)N(C)CCNC(=O)c1cccc(CCN)c1. The van der Waals surface area contributed by atoms with Gasteiger partial charge < -0.3 is 16.0 Å². The summed E-state index contributed by atoms with van der Waals surface area (Å²) in [7, 11) is 2.09. The molecular formula is C16H27N3O. The van der Waals surface area contributed by atoms with Crippen molar-refractivity contribution in [3.05, 3.63) is 35.4 Å². The second-order valence-corrected chi connectivity index (χ2v) is 5.23. The molecule has 1 aromatic rings. The molecule has 0 heterocycles. The van der Waals surface area contributed by atoms with E-state index in [-0.39, 0.29) is 5.91 Å². The Balaban J connectivity index is 2.44. The van der Waals surface area contributed by atoms with Gasteiger partial charge >= 0.3 is 0 Å². The van der Waals surface area contributed by atoms with Crippen LogP contribution in [0, 0.1) is 0 Å². The van der Waals surface area contributed by atoms with E-state index < -0.39 is 0 Å². The van der Waals surface area contributed by atoms with Crippen LogP contribution in [-0.2, 0) is 6.42 Å². The third-order valence-electron chi connectivity index (χ3n) is 3.72. The molecule has 0 bridgehead atoms. The van der Waals surface area contributed by atoms with Crippen molar-refractivity contribution >= 4 is 5.91 Å². The molecule has 3 N–H and O–H groups in total. The number of amides is 1. The van der Waals surface area contributed by atoms with Crippen molar-refractivity contribution in [2.75, 3.05) is 26.7 Å². The highest BCUT2D eigenvalue weighted by Crippen LogP contribution is 2.05. The normalized spacial score (nSPS) is 12.4. The van der Waals surface area contributed by atoms with Crippen LogP contribution in [0.4, 0.5) is 0 Å². The molecule has 0 aromatic heterocycles. The molecule has 20 heavy (non-hydrogen) atoms. The number of hydrogen-bond donors (Lipinski definition) is 2. The summed E-state index contributed by atoms with van der Waals surface area (Å²) >= 11 is 0. The maximum Gasteiger partial charge on any atom is 0.251 e. The molecule has 1 unspecified atom stereocenters. The van der Waals surface area contributed by atoms with Crippen LogP contribution < -0.4 is 11.1 Å². The molecular weight excluding hydrogens is 250 g/mol. The van der Waals surface area contributed by atoms with Gasteiger partial charge in [-0.3, -0.25) is 4.79 Å². The number of carbonyl (C=O) groups is 1. The molecule has 0 aliphatic heterocycles. The zero-order chi connectivity index (χ0) is 15.0. The molecule has 0 saturated heterocycles. The number of likely N-dealkylation sites (N-methyl/N-ethyl adjacent to an activating group) is 1. The summed E-state index contributed by atoms with van der Waals surface area (Å²) in [5.74, 6) is -0.0126. The lowest BCUT2D eigenvalue weighted by molar-refractivity contribution is 0.0947. The number of hydrogen-bond acceptors (Lipinski definition) is 3. The molecule has 0 aliphatic carbocycles. The monoisotopic (exact) mass is 277 g/mol. The summed E-state index contributed by atoms with van der Waals surface area (Å²) in [6, 6.07) is 8.21. The van der Waals surface area contributed by atoms with Crippen LogP contribution in [0.25, 0.3) is 0 Å². The Morgan fingerprint density at radius 1 is 1.45 bits per heavy atom. The van der Waals surface area contributed by atoms with Crippen molar-refractivity contribution in [1.82, 2.24) is 10.2 Å². The average Bonchev–Trinajstić information content (AvgIpc) is 2.46. The van der Waals surface area contributed by atoms with Gasteiger partial charge in [-0.2, -0.15) is 0 Å². The smallest absolute Gasteiger partial charge is 0.251 e. The van der Waals surface area contributed by atoms with E-state index in [1.165, 1.54) is 0 Å². The van der Waals surface area contributed by atoms with Gasteiger partial charge in [0, 0.05) is 24.7 Å². The van der Waals surface area contributed by atoms with Crippen LogP contribution >= 0.6 is 0 Å². The molecule has 1 aromatic carbocycles. The Hall–Kier alpha value is -1.39. The quantitative estimate of drug-likeness (QED) is 0.759. The first-order valence-corrected chi connectivity index (χ1v) is 7.36. The molecule has 112 valence electrons. The van der Waals surface area contributed by atoms with Crippen LogP contribution in [0.3, 0.4) is 0 Å².